The van der Waals surface area contributed by atoms with E-state index in [4.69, 9.17) is 5.84 Å². The summed E-state index contributed by atoms with van der Waals surface area (Å²) in [6, 6.07) is 10.3. The standard InChI is InChI=1S/C8H7N.C3H5N3/c1-2-4-8-7(3-1)5-6-9-8;4-6-2-1-5-3-6/h1-6,9H;1-3H,4H2. The van der Waals surface area contributed by atoms with Gasteiger partial charge in [-0.05, 0) is 17.5 Å². The number of nitrogens with two attached hydrogens (primary N) is 1. The van der Waals surface area contributed by atoms with Gasteiger partial charge in [0.1, 0.15) is 6.33 Å². The van der Waals surface area contributed by atoms with Crippen LogP contribution in [0.25, 0.3) is 10.9 Å². The number of fused-ring (bicyclic) bond motifs is 1. The van der Waals surface area contributed by atoms with Gasteiger partial charge in [0.25, 0.3) is 0 Å². The summed E-state index contributed by atoms with van der Waals surface area (Å²) in [7, 11) is 0. The average molecular weight is 200 g/mol. The lowest BCUT2D eigenvalue weighted by Crippen LogP contribution is -2.02. The molecule has 0 aliphatic rings. The molecule has 3 rings (SSSR count). The largest absolute Gasteiger partial charge is 0.361 e. The van der Waals surface area contributed by atoms with Crippen LogP contribution in [-0.4, -0.2) is 14.6 Å². The zero-order valence-corrected chi connectivity index (χ0v) is 8.17. The number of nitrogen functional groups attached to an aromatic ring is 1. The van der Waals surface area contributed by atoms with Crippen molar-refractivity contribution in [2.75, 3.05) is 5.84 Å². The predicted octanol–water partition coefficient (Wildman–Crippen LogP) is 1.76. The Hall–Kier alpha value is -2.23. The quantitative estimate of drug-likeness (QED) is 0.543. The van der Waals surface area contributed by atoms with E-state index in [9.17, 15) is 0 Å². The van der Waals surface area contributed by atoms with E-state index in [0.29, 0.717) is 0 Å². The molecule has 0 saturated carbocycles. The lowest BCUT2D eigenvalue weighted by molar-refractivity contribution is 1.00. The Labute approximate surface area is 87.3 Å². The van der Waals surface area contributed by atoms with Gasteiger partial charge in [0.2, 0.25) is 0 Å². The SMILES string of the molecule is Nn1ccnc1.c1ccc2[nH]ccc2c1. The van der Waals surface area contributed by atoms with Crippen LogP contribution >= 0.6 is 0 Å². The van der Waals surface area contributed by atoms with Crippen LogP contribution in [0.2, 0.25) is 0 Å². The zero-order valence-electron chi connectivity index (χ0n) is 8.17. The fourth-order valence-electron chi connectivity index (χ4n) is 1.26. The van der Waals surface area contributed by atoms with Crippen molar-refractivity contribution in [2.24, 2.45) is 0 Å². The van der Waals surface area contributed by atoms with Crippen molar-refractivity contribution in [3.05, 3.63) is 55.2 Å². The molecule has 0 radical (unpaired) electrons. The molecule has 15 heavy (non-hydrogen) atoms. The number of aromatic amines is 1. The Balaban J connectivity index is 0.000000124. The Kier molecular flexibility index (Phi) is 2.69. The second kappa shape index (κ2) is 4.32. The molecular formula is C11H12N4. The number of aromatic nitrogens is 3. The maximum atomic E-state index is 5.13. The van der Waals surface area contributed by atoms with Crippen molar-refractivity contribution in [2.45, 2.75) is 0 Å². The van der Waals surface area contributed by atoms with Crippen LogP contribution in [0.1, 0.15) is 0 Å². The van der Waals surface area contributed by atoms with E-state index in [1.54, 1.807) is 12.4 Å². The minimum atomic E-state index is 1.21. The molecule has 0 bridgehead atoms. The fraction of sp³-hybridized carbons (Fsp3) is 0. The van der Waals surface area contributed by atoms with E-state index in [2.05, 4.69) is 28.2 Å². The van der Waals surface area contributed by atoms with E-state index >= 15 is 0 Å². The zero-order chi connectivity index (χ0) is 10.5. The van der Waals surface area contributed by atoms with Gasteiger partial charge >= 0.3 is 0 Å². The first-order valence-corrected chi connectivity index (χ1v) is 4.61. The Morgan fingerprint density at radius 2 is 2.07 bits per heavy atom. The lowest BCUT2D eigenvalue weighted by atomic mass is 10.3. The van der Waals surface area contributed by atoms with Gasteiger partial charge in [-0.2, -0.15) is 0 Å². The van der Waals surface area contributed by atoms with Gasteiger partial charge in [-0.3, -0.25) is 4.68 Å². The third kappa shape index (κ3) is 2.37. The fourth-order valence-corrected chi connectivity index (χ4v) is 1.26. The first-order chi connectivity index (χ1) is 7.36. The van der Waals surface area contributed by atoms with Gasteiger partial charge < -0.3 is 10.8 Å². The van der Waals surface area contributed by atoms with E-state index in [0.717, 1.165) is 0 Å². The smallest absolute Gasteiger partial charge is 0.114 e. The van der Waals surface area contributed by atoms with Crippen LogP contribution in [0, 0.1) is 0 Å². The Morgan fingerprint density at radius 3 is 2.67 bits per heavy atom. The van der Waals surface area contributed by atoms with Crippen LogP contribution < -0.4 is 5.84 Å². The number of hydrogen-bond donors (Lipinski definition) is 2. The van der Waals surface area contributed by atoms with Crippen LogP contribution in [-0.2, 0) is 0 Å². The van der Waals surface area contributed by atoms with Gasteiger partial charge in [0, 0.05) is 24.1 Å². The molecule has 0 atom stereocenters. The highest BCUT2D eigenvalue weighted by atomic mass is 15.3. The number of para-hydroxylation sites is 1. The number of imidazole rings is 1. The molecule has 4 nitrogen and oxygen atoms in total. The van der Waals surface area contributed by atoms with Crippen molar-refractivity contribution in [1.29, 1.82) is 0 Å². The monoisotopic (exact) mass is 200 g/mol. The van der Waals surface area contributed by atoms with Crippen LogP contribution in [0.4, 0.5) is 0 Å². The highest BCUT2D eigenvalue weighted by Gasteiger charge is 1.86. The molecule has 0 spiro atoms. The molecule has 3 aromatic rings. The van der Waals surface area contributed by atoms with Crippen LogP contribution in [0.5, 0.6) is 0 Å². The van der Waals surface area contributed by atoms with Gasteiger partial charge in [-0.1, -0.05) is 18.2 Å². The van der Waals surface area contributed by atoms with Gasteiger partial charge in [0.05, 0.1) is 0 Å². The van der Waals surface area contributed by atoms with Crippen molar-refractivity contribution in [3.63, 3.8) is 0 Å². The molecule has 76 valence electrons. The number of H-pyrrole nitrogens is 1. The van der Waals surface area contributed by atoms with E-state index in [1.807, 2.05) is 18.3 Å². The number of benzene rings is 1. The summed E-state index contributed by atoms with van der Waals surface area (Å²) in [6.07, 6.45) is 6.77. The predicted molar refractivity (Wildman–Crippen MR) is 60.7 cm³/mol. The summed E-state index contributed by atoms with van der Waals surface area (Å²) < 4.78 is 1.39. The van der Waals surface area contributed by atoms with Gasteiger partial charge in [-0.25, -0.2) is 4.98 Å². The molecule has 0 unspecified atom stereocenters. The van der Waals surface area contributed by atoms with E-state index in [-0.39, 0.29) is 0 Å². The lowest BCUT2D eigenvalue weighted by Gasteiger charge is -1.83. The minimum absolute atomic E-state index is 1.21. The van der Waals surface area contributed by atoms with E-state index < -0.39 is 0 Å². The first-order valence-electron chi connectivity index (χ1n) is 4.61. The van der Waals surface area contributed by atoms with Crippen molar-refractivity contribution in [1.82, 2.24) is 14.6 Å². The maximum Gasteiger partial charge on any atom is 0.114 e. The molecule has 0 saturated heterocycles. The second-order valence-corrected chi connectivity index (χ2v) is 3.07. The molecule has 0 amide bonds. The van der Waals surface area contributed by atoms with Gasteiger partial charge in [0.15, 0.2) is 0 Å². The number of nitrogens with zero attached hydrogens (tertiary/aromatic N) is 2. The number of rotatable bonds is 0. The summed E-state index contributed by atoms with van der Waals surface area (Å²) in [5, 5.41) is 1.28. The normalized spacial score (nSPS) is 9.60. The highest BCUT2D eigenvalue weighted by molar-refractivity contribution is 5.78. The number of hydrogen-bond acceptors (Lipinski definition) is 2. The van der Waals surface area contributed by atoms with E-state index in [1.165, 1.54) is 21.9 Å². The minimum Gasteiger partial charge on any atom is -0.361 e. The molecule has 0 aliphatic carbocycles. The summed E-state index contributed by atoms with van der Waals surface area (Å²) in [5.41, 5.74) is 1.21. The van der Waals surface area contributed by atoms with Gasteiger partial charge in [-0.15, -0.1) is 0 Å². The third-order valence-corrected chi connectivity index (χ3v) is 1.99. The molecular weight excluding hydrogens is 188 g/mol. The van der Waals surface area contributed by atoms with Crippen molar-refractivity contribution < 1.29 is 0 Å². The molecule has 2 aromatic heterocycles. The molecule has 0 fully saturated rings. The van der Waals surface area contributed by atoms with Crippen molar-refractivity contribution in [3.8, 4) is 0 Å². The topological polar surface area (TPSA) is 59.6 Å². The summed E-state index contributed by atoms with van der Waals surface area (Å²) in [4.78, 5) is 6.78. The third-order valence-electron chi connectivity index (χ3n) is 1.99. The first kappa shape index (κ1) is 9.33. The average Bonchev–Trinajstić information content (AvgIpc) is 2.88. The van der Waals surface area contributed by atoms with Crippen LogP contribution in [0.3, 0.4) is 0 Å². The summed E-state index contributed by atoms with van der Waals surface area (Å²) in [5.74, 6) is 5.13. The van der Waals surface area contributed by atoms with Crippen molar-refractivity contribution >= 4 is 10.9 Å². The van der Waals surface area contributed by atoms with Crippen LogP contribution in [0.15, 0.2) is 55.2 Å². The highest BCUT2D eigenvalue weighted by Crippen LogP contribution is 2.09. The Bertz CT molecular complexity index is 480. The second-order valence-electron chi connectivity index (χ2n) is 3.07. The molecule has 0 aliphatic heterocycles. The molecule has 2 heterocycles. The Morgan fingerprint density at radius 1 is 1.20 bits per heavy atom. The maximum absolute atomic E-state index is 5.13. The molecule has 3 N–H and O–H groups in total. The molecule has 4 heteroatoms. The summed E-state index contributed by atoms with van der Waals surface area (Å²) >= 11 is 0. The number of nitrogens with one attached hydrogen (secondary N) is 1. The molecule has 1 aromatic carbocycles. The summed E-state index contributed by atoms with van der Waals surface area (Å²) in [6.45, 7) is 0.